The van der Waals surface area contributed by atoms with E-state index in [2.05, 4.69) is 10.4 Å². The zero-order valence-electron chi connectivity index (χ0n) is 9.28. The van der Waals surface area contributed by atoms with Crippen molar-refractivity contribution in [1.82, 2.24) is 9.78 Å². The Kier molecular flexibility index (Phi) is 5.88. The third-order valence-electron chi connectivity index (χ3n) is 1.98. The topological polar surface area (TPSA) is 56.1 Å². The van der Waals surface area contributed by atoms with Gasteiger partial charge in [0, 0.05) is 25.6 Å². The van der Waals surface area contributed by atoms with E-state index in [1.807, 2.05) is 0 Å². The molecule has 1 N–H and O–H groups in total. The van der Waals surface area contributed by atoms with Gasteiger partial charge in [-0.1, -0.05) is 0 Å². The molecular weight excluding hydrogens is 230 g/mol. The van der Waals surface area contributed by atoms with Crippen LogP contribution in [0.25, 0.3) is 0 Å². The van der Waals surface area contributed by atoms with Crippen LogP contribution >= 0.6 is 11.6 Å². The largest absolute Gasteiger partial charge is 0.383 e. The number of ether oxygens (including phenoxy) is 1. The number of methoxy groups -OCH3 is 1. The molecule has 5 nitrogen and oxygen atoms in total. The van der Waals surface area contributed by atoms with Gasteiger partial charge in [0.05, 0.1) is 25.0 Å². The predicted octanol–water partition coefficient (Wildman–Crippen LogP) is 1.49. The average molecular weight is 246 g/mol. The summed E-state index contributed by atoms with van der Waals surface area (Å²) in [5, 5.41) is 6.83. The summed E-state index contributed by atoms with van der Waals surface area (Å²) in [7, 11) is 1.64. The van der Waals surface area contributed by atoms with Gasteiger partial charge in [-0.15, -0.1) is 11.6 Å². The molecule has 0 spiro atoms. The second kappa shape index (κ2) is 7.24. The third kappa shape index (κ3) is 4.63. The average Bonchev–Trinajstić information content (AvgIpc) is 2.71. The highest BCUT2D eigenvalue weighted by atomic mass is 35.5. The Morgan fingerprint density at radius 3 is 3.19 bits per heavy atom. The number of amides is 1. The number of halogens is 1. The highest BCUT2D eigenvalue weighted by Crippen LogP contribution is 2.06. The smallest absolute Gasteiger partial charge is 0.224 e. The van der Waals surface area contributed by atoms with E-state index in [0.29, 0.717) is 37.6 Å². The van der Waals surface area contributed by atoms with Crippen LogP contribution in [0.4, 0.5) is 5.69 Å². The first-order chi connectivity index (χ1) is 7.76. The molecule has 1 amide bonds. The van der Waals surface area contributed by atoms with Crippen molar-refractivity contribution in [3.8, 4) is 0 Å². The lowest BCUT2D eigenvalue weighted by Crippen LogP contribution is -2.10. The zero-order valence-corrected chi connectivity index (χ0v) is 10.0. The van der Waals surface area contributed by atoms with Crippen molar-refractivity contribution < 1.29 is 9.53 Å². The minimum Gasteiger partial charge on any atom is -0.383 e. The van der Waals surface area contributed by atoms with Crippen LogP contribution in [-0.2, 0) is 16.1 Å². The summed E-state index contributed by atoms with van der Waals surface area (Å²) in [5.41, 5.74) is 0.704. The SMILES string of the molecule is COCCn1cc(NC(=O)CCCCl)cn1. The maximum absolute atomic E-state index is 11.4. The van der Waals surface area contributed by atoms with Crippen LogP contribution < -0.4 is 5.32 Å². The molecule has 1 heterocycles. The fourth-order valence-corrected chi connectivity index (χ4v) is 1.32. The van der Waals surface area contributed by atoms with Crippen molar-refractivity contribution in [2.45, 2.75) is 19.4 Å². The number of carbonyl (C=O) groups excluding carboxylic acids is 1. The van der Waals surface area contributed by atoms with Crippen LogP contribution in [0.2, 0.25) is 0 Å². The first kappa shape index (κ1) is 13.0. The summed E-state index contributed by atoms with van der Waals surface area (Å²) >= 11 is 5.50. The number of alkyl halides is 1. The van der Waals surface area contributed by atoms with Crippen LogP contribution in [0.1, 0.15) is 12.8 Å². The van der Waals surface area contributed by atoms with Crippen molar-refractivity contribution in [3.05, 3.63) is 12.4 Å². The van der Waals surface area contributed by atoms with E-state index in [9.17, 15) is 4.79 Å². The highest BCUT2D eigenvalue weighted by Gasteiger charge is 2.03. The molecule has 90 valence electrons. The van der Waals surface area contributed by atoms with Gasteiger partial charge in [0.1, 0.15) is 0 Å². The molecule has 1 aromatic heterocycles. The van der Waals surface area contributed by atoms with E-state index < -0.39 is 0 Å². The van der Waals surface area contributed by atoms with Gasteiger partial charge >= 0.3 is 0 Å². The second-order valence-electron chi connectivity index (χ2n) is 3.33. The number of hydrogen-bond acceptors (Lipinski definition) is 3. The first-order valence-corrected chi connectivity index (χ1v) is 5.67. The van der Waals surface area contributed by atoms with E-state index in [1.165, 1.54) is 0 Å². The van der Waals surface area contributed by atoms with Gasteiger partial charge in [-0.25, -0.2) is 0 Å². The van der Waals surface area contributed by atoms with Gasteiger partial charge in [-0.2, -0.15) is 5.10 Å². The monoisotopic (exact) mass is 245 g/mol. The molecule has 1 rings (SSSR count). The van der Waals surface area contributed by atoms with Crippen LogP contribution in [0.5, 0.6) is 0 Å². The highest BCUT2D eigenvalue weighted by molar-refractivity contribution is 6.18. The van der Waals surface area contributed by atoms with Gasteiger partial charge in [0.15, 0.2) is 0 Å². The first-order valence-electron chi connectivity index (χ1n) is 5.13. The number of hydrogen-bond donors (Lipinski definition) is 1. The van der Waals surface area contributed by atoms with E-state index in [1.54, 1.807) is 24.2 Å². The molecule has 0 radical (unpaired) electrons. The number of rotatable bonds is 7. The van der Waals surface area contributed by atoms with Crippen LogP contribution in [0, 0.1) is 0 Å². The number of anilines is 1. The zero-order chi connectivity index (χ0) is 11.8. The van der Waals surface area contributed by atoms with Gasteiger partial charge < -0.3 is 10.1 Å². The summed E-state index contributed by atoms with van der Waals surface area (Å²) < 4.78 is 6.65. The fraction of sp³-hybridized carbons (Fsp3) is 0.600. The van der Waals surface area contributed by atoms with Crippen LogP contribution in [-0.4, -0.2) is 35.3 Å². The minimum atomic E-state index is -0.0352. The molecule has 0 aliphatic carbocycles. The fourth-order valence-electron chi connectivity index (χ4n) is 1.19. The molecule has 6 heteroatoms. The lowest BCUT2D eigenvalue weighted by atomic mass is 10.3. The number of carbonyl (C=O) groups is 1. The van der Waals surface area contributed by atoms with Crippen LogP contribution in [0.15, 0.2) is 12.4 Å². The Morgan fingerprint density at radius 2 is 2.50 bits per heavy atom. The maximum Gasteiger partial charge on any atom is 0.224 e. The number of aromatic nitrogens is 2. The van der Waals surface area contributed by atoms with E-state index in [4.69, 9.17) is 16.3 Å². The molecule has 0 unspecified atom stereocenters. The van der Waals surface area contributed by atoms with Crippen molar-refractivity contribution in [2.24, 2.45) is 0 Å². The molecule has 0 bridgehead atoms. The molecule has 0 saturated carbocycles. The normalized spacial score (nSPS) is 10.4. The van der Waals surface area contributed by atoms with Crippen LogP contribution in [0.3, 0.4) is 0 Å². The summed E-state index contributed by atoms with van der Waals surface area (Å²) in [6, 6.07) is 0. The minimum absolute atomic E-state index is 0.0352. The third-order valence-corrected chi connectivity index (χ3v) is 2.25. The summed E-state index contributed by atoms with van der Waals surface area (Å²) in [6.07, 6.45) is 4.52. The van der Waals surface area contributed by atoms with E-state index >= 15 is 0 Å². The lowest BCUT2D eigenvalue weighted by molar-refractivity contribution is -0.116. The second-order valence-corrected chi connectivity index (χ2v) is 3.70. The molecule has 0 aliphatic rings. The van der Waals surface area contributed by atoms with Gasteiger partial charge in [0.25, 0.3) is 0 Å². The van der Waals surface area contributed by atoms with Crippen molar-refractivity contribution in [1.29, 1.82) is 0 Å². The maximum atomic E-state index is 11.4. The number of nitrogens with zero attached hydrogens (tertiary/aromatic N) is 2. The molecule has 0 aliphatic heterocycles. The molecular formula is C10H16ClN3O2. The summed E-state index contributed by atoms with van der Waals surface area (Å²) in [5.74, 6) is 0.465. The van der Waals surface area contributed by atoms with E-state index in [-0.39, 0.29) is 5.91 Å². The molecule has 16 heavy (non-hydrogen) atoms. The van der Waals surface area contributed by atoms with Crippen molar-refractivity contribution in [2.75, 3.05) is 24.9 Å². The van der Waals surface area contributed by atoms with Crippen molar-refractivity contribution >= 4 is 23.2 Å². The Labute approximate surface area is 99.7 Å². The summed E-state index contributed by atoms with van der Waals surface area (Å²) in [4.78, 5) is 11.4. The predicted molar refractivity (Wildman–Crippen MR) is 62.7 cm³/mol. The van der Waals surface area contributed by atoms with Gasteiger partial charge in [-0.05, 0) is 6.42 Å². The molecule has 0 fully saturated rings. The molecule has 0 atom stereocenters. The Bertz CT molecular complexity index is 328. The van der Waals surface area contributed by atoms with Gasteiger partial charge in [0.2, 0.25) is 5.91 Å². The Morgan fingerprint density at radius 1 is 1.69 bits per heavy atom. The number of nitrogens with one attached hydrogen (secondary N) is 1. The molecule has 1 aromatic rings. The Hall–Kier alpha value is -1.07. The van der Waals surface area contributed by atoms with Crippen molar-refractivity contribution in [3.63, 3.8) is 0 Å². The quantitative estimate of drug-likeness (QED) is 0.741. The molecule has 0 saturated heterocycles. The van der Waals surface area contributed by atoms with Gasteiger partial charge in [-0.3, -0.25) is 9.48 Å². The Balaban J connectivity index is 2.36. The lowest BCUT2D eigenvalue weighted by Gasteiger charge is -2.00. The standard InChI is InChI=1S/C10H16ClN3O2/c1-16-6-5-14-8-9(7-12-14)13-10(15)3-2-4-11/h7-8H,2-6H2,1H3,(H,13,15). The van der Waals surface area contributed by atoms with E-state index in [0.717, 1.165) is 0 Å². The molecule has 0 aromatic carbocycles. The summed E-state index contributed by atoms with van der Waals surface area (Å²) in [6.45, 7) is 1.27.